The van der Waals surface area contributed by atoms with E-state index >= 15 is 28.8 Å². The van der Waals surface area contributed by atoms with Gasteiger partial charge in [0.2, 0.25) is 11.8 Å². The highest BCUT2D eigenvalue weighted by molar-refractivity contribution is 6.45. The maximum Gasteiger partial charge on any atom is 0.349 e. The van der Waals surface area contributed by atoms with Crippen LogP contribution in [0.1, 0.15) is 323 Å². The molecule has 150 heavy (non-hydrogen) atoms. The summed E-state index contributed by atoms with van der Waals surface area (Å²) < 4.78 is 54.2. The van der Waals surface area contributed by atoms with Crippen molar-refractivity contribution < 1.29 is 76.3 Å². The Hall–Kier alpha value is -11.7. The van der Waals surface area contributed by atoms with Crippen LogP contribution in [0.2, 0.25) is 0 Å². The topological polar surface area (TPSA) is 223 Å². The molecular weight excluding hydrogens is 1920 g/mol. The van der Waals surface area contributed by atoms with Gasteiger partial charge in [-0.25, -0.2) is 4.79 Å². The molecule has 0 N–H and O–H groups in total. The summed E-state index contributed by atoms with van der Waals surface area (Å²) in [5, 5.41) is 0.859. The van der Waals surface area contributed by atoms with E-state index in [2.05, 4.69) is 194 Å². The van der Waals surface area contributed by atoms with Crippen LogP contribution in [-0.2, 0) is 72.6 Å². The minimum Gasteiger partial charge on any atom is -0.462 e. The van der Waals surface area contributed by atoms with Crippen molar-refractivity contribution in [2.45, 2.75) is 300 Å². The highest BCUT2D eigenvalue weighted by Crippen LogP contribution is 2.60. The van der Waals surface area contributed by atoms with Gasteiger partial charge in [-0.1, -0.05) is 330 Å². The predicted octanol–water partition coefficient (Wildman–Crippen LogP) is 30.3. The lowest BCUT2D eigenvalue weighted by atomic mass is 9.72. The lowest BCUT2D eigenvalue weighted by molar-refractivity contribution is -0.144. The van der Waals surface area contributed by atoms with Crippen LogP contribution in [0.15, 0.2) is 194 Å². The molecule has 11 aromatic rings. The third-order valence-electron chi connectivity index (χ3n) is 30.2. The molecule has 22 heteroatoms. The summed E-state index contributed by atoms with van der Waals surface area (Å²) in [5.74, 6) is -3.28. The molecule has 0 aromatic heterocycles. The van der Waals surface area contributed by atoms with E-state index in [1.54, 1.807) is 34.1 Å². The molecule has 798 valence electrons. The second kappa shape index (κ2) is 46.5. The summed E-state index contributed by atoms with van der Waals surface area (Å²) >= 11 is 12.0. The molecule has 6 amide bonds. The van der Waals surface area contributed by atoms with Gasteiger partial charge in [-0.15, -0.1) is 11.6 Å². The fourth-order valence-electron chi connectivity index (χ4n) is 24.7. The van der Waals surface area contributed by atoms with E-state index in [1.165, 1.54) is 6.92 Å². The van der Waals surface area contributed by atoms with E-state index in [0.29, 0.717) is 58.8 Å². The van der Waals surface area contributed by atoms with Gasteiger partial charge >= 0.3 is 11.9 Å². The molecule has 2 aliphatic carbocycles. The molecule has 11 aromatic carbocycles. The molecule has 0 radical (unpaired) electrons. The van der Waals surface area contributed by atoms with E-state index in [1.807, 2.05) is 109 Å². The second-order valence-corrected chi connectivity index (χ2v) is 50.9. The first-order chi connectivity index (χ1) is 70.8. The van der Waals surface area contributed by atoms with Crippen molar-refractivity contribution in [2.75, 3.05) is 65.8 Å². The summed E-state index contributed by atoms with van der Waals surface area (Å²) in [6.45, 7) is 50.0. The average molecular weight is 2080 g/mol. The number of carbonyl (C=O) groups excluding carboxylic acids is 8. The number of nitrogens with zero attached hydrogens (tertiary/aromatic N) is 4. The zero-order chi connectivity index (χ0) is 108. The summed E-state index contributed by atoms with van der Waals surface area (Å²) in [5.41, 5.74) is 3.85. The number of amides is 6. The Morgan fingerprint density at radius 2 is 0.627 bits per heavy atom. The van der Waals surface area contributed by atoms with Crippen LogP contribution in [0.3, 0.4) is 0 Å². The summed E-state index contributed by atoms with van der Waals surface area (Å²) in [6, 6.07) is 54.3. The van der Waals surface area contributed by atoms with E-state index in [0.717, 1.165) is 122 Å². The van der Waals surface area contributed by atoms with Crippen LogP contribution in [0.25, 0.3) is 43.1 Å². The predicted molar refractivity (Wildman–Crippen MR) is 600 cm³/mol. The van der Waals surface area contributed by atoms with Gasteiger partial charge in [-0.2, -0.15) is 0 Å². The van der Waals surface area contributed by atoms with Crippen molar-refractivity contribution in [3.05, 3.63) is 249 Å². The van der Waals surface area contributed by atoms with Gasteiger partial charge in [0.05, 0.1) is 48.7 Å². The molecule has 0 bridgehead atoms. The number of halogens is 2. The van der Waals surface area contributed by atoms with Crippen LogP contribution in [0.4, 0.5) is 0 Å². The Bertz CT molecular complexity index is 6150. The Balaban J connectivity index is 1.06. The Kier molecular flexibility index (Phi) is 34.8. The standard InChI is InChI=1S/C128H156Cl2N4O16/c1-81(129)119(141)145-69-67-143-65-63-131(61-59-83-35-27-23-28-36-83)117(139)99(71-85-39-31-25-32-40-85)133-113(135)95-73-101(147-91-51-43-87(44-52-91)125(15,16)77-121(3,4)5)107-109-103(149-93-55-47-89(48-56-93)127(19,20)79-123(9,10)11)75-97-106-98(116(138)134(115(97)137)100(72-86-41-33-26-34-42-86)118(140)132(62-60-84-37-29-24-30-38-84)64-66-144-68-70-146-120(142)82(2)130)76-104(150-94-57-49-90(50-58-94)128(21,22)80-124(12,13)14)110(112(106)109)108-102(74-96(114(133)136)105(95)111(107)108)148-92-53-45-88(46-54-92)126(17,18)78-122(6,7)8/h25-26,31-34,39-58,73-76,82-84,99-100H,1,23-24,27-30,35-38,59-72,77-80H2,2-22H3. The van der Waals surface area contributed by atoms with Gasteiger partial charge < -0.3 is 47.7 Å². The molecule has 0 saturated heterocycles. The number of carbonyl (C=O) groups is 8. The fraction of sp³-hybridized carbons (Fsp3) is 0.484. The van der Waals surface area contributed by atoms with E-state index in [-0.39, 0.29) is 215 Å². The number of hydrogen-bond acceptors (Lipinski definition) is 16. The number of fused-ring (bicyclic) bond motifs is 2. The average Bonchev–Trinajstić information content (AvgIpc) is 0.667. The third kappa shape index (κ3) is 27.0. The van der Waals surface area contributed by atoms with Gasteiger partial charge in [-0.3, -0.25) is 43.4 Å². The van der Waals surface area contributed by atoms with Crippen LogP contribution in [0.5, 0.6) is 46.0 Å². The highest BCUT2D eigenvalue weighted by atomic mass is 35.5. The number of alkyl halides is 1. The monoisotopic (exact) mass is 2080 g/mol. The zero-order valence-electron chi connectivity index (χ0n) is 92.3. The van der Waals surface area contributed by atoms with E-state index < -0.39 is 64.8 Å². The van der Waals surface area contributed by atoms with Crippen molar-refractivity contribution in [1.82, 2.24) is 19.6 Å². The number of benzene rings is 11. The van der Waals surface area contributed by atoms with Gasteiger partial charge in [0, 0.05) is 82.1 Å². The Morgan fingerprint density at radius 3 is 0.887 bits per heavy atom. The molecule has 20 nitrogen and oxygen atoms in total. The summed E-state index contributed by atoms with van der Waals surface area (Å²) in [4.78, 5) is 136. The number of hydrogen-bond donors (Lipinski definition) is 0. The smallest absolute Gasteiger partial charge is 0.349 e. The Labute approximate surface area is 898 Å². The normalized spacial score (nSPS) is 15.5. The SMILES string of the molecule is C=C(Cl)C(=O)OCCOCCN(CCC1CCCCC1)C(=O)C(Cc1ccccc1)N1C(=O)c2cc(Oc3ccc(C(C)(C)CC(C)(C)C)cc3)c3c4c(Oc5ccc(C(C)(C)CC(C)(C)C)cc5)cc5c6c(cc(Oc7ccc(C(C)(C)CC(C)(C)C)cc7)c(c7c(Oc8ccc(C(C)(C)CC(C)(C)C)cc8)cc(c2c37)C1=O)c64)C(=O)N(C(Cc1ccccc1)C(=O)N(CCOCCOC(=O)C(C)Cl)CCC1CCCCC1)C5=O. The molecule has 15 rings (SSSR count). The fourth-order valence-corrected chi connectivity index (χ4v) is 24.8. The van der Waals surface area contributed by atoms with Crippen LogP contribution in [-0.4, -0.2) is 150 Å². The summed E-state index contributed by atoms with van der Waals surface area (Å²) in [7, 11) is 0. The number of imide groups is 2. The van der Waals surface area contributed by atoms with Crippen LogP contribution in [0, 0.1) is 33.5 Å². The molecule has 2 fully saturated rings. The van der Waals surface area contributed by atoms with Gasteiger partial charge in [-0.05, 0) is 207 Å². The summed E-state index contributed by atoms with van der Waals surface area (Å²) in [6.07, 6.45) is 14.7. The van der Waals surface area contributed by atoms with Gasteiger partial charge in [0.25, 0.3) is 23.6 Å². The molecular formula is C128H156Cl2N4O16. The maximum atomic E-state index is 17.7. The zero-order valence-corrected chi connectivity index (χ0v) is 93.8. The molecule has 2 aliphatic heterocycles. The van der Waals surface area contributed by atoms with Gasteiger partial charge in [0.15, 0.2) is 0 Å². The van der Waals surface area contributed by atoms with Crippen LogP contribution < -0.4 is 18.9 Å². The largest absolute Gasteiger partial charge is 0.462 e. The van der Waals surface area contributed by atoms with Crippen molar-refractivity contribution in [3.63, 3.8) is 0 Å². The van der Waals surface area contributed by atoms with Crippen LogP contribution >= 0.6 is 23.2 Å². The van der Waals surface area contributed by atoms with Crippen molar-refractivity contribution in [3.8, 4) is 46.0 Å². The number of ether oxygens (including phenoxy) is 8. The van der Waals surface area contributed by atoms with Crippen molar-refractivity contribution >= 4 is 114 Å². The van der Waals surface area contributed by atoms with Crippen molar-refractivity contribution in [1.29, 1.82) is 0 Å². The number of esters is 2. The maximum absolute atomic E-state index is 17.7. The quantitative estimate of drug-likeness (QED) is 0.00658. The molecule has 4 aliphatic rings. The first kappa shape index (κ1) is 112. The third-order valence-corrected chi connectivity index (χ3v) is 30.6. The molecule has 0 spiro atoms. The molecule has 3 unspecified atom stereocenters. The first-order valence-corrected chi connectivity index (χ1v) is 55.0. The second-order valence-electron chi connectivity index (χ2n) is 49.8. The number of rotatable bonds is 44. The molecule has 3 atom stereocenters. The minimum absolute atomic E-state index is 0.00182. The van der Waals surface area contributed by atoms with Crippen molar-refractivity contribution in [2.24, 2.45) is 33.5 Å². The molecule has 2 heterocycles. The van der Waals surface area contributed by atoms with E-state index in [9.17, 15) is 9.59 Å². The van der Waals surface area contributed by atoms with E-state index in [4.69, 9.17) is 61.1 Å². The highest BCUT2D eigenvalue weighted by Gasteiger charge is 2.49. The lowest BCUT2D eigenvalue weighted by Gasteiger charge is -2.38. The first-order valence-electron chi connectivity index (χ1n) is 54.2. The molecule has 2 saturated carbocycles. The van der Waals surface area contributed by atoms with Gasteiger partial charge in [0.1, 0.15) is 81.7 Å². The minimum atomic E-state index is -1.51. The Morgan fingerprint density at radius 1 is 0.353 bits per heavy atom. The lowest BCUT2D eigenvalue weighted by Crippen LogP contribution is -2.56.